The summed E-state index contributed by atoms with van der Waals surface area (Å²) in [6, 6.07) is 7.39. The molecule has 1 aromatic heterocycles. The van der Waals surface area contributed by atoms with Gasteiger partial charge in [-0.05, 0) is 58.6 Å². The molecule has 0 bridgehead atoms. The van der Waals surface area contributed by atoms with Crippen molar-refractivity contribution in [3.8, 4) is 0 Å². The molecule has 1 aromatic carbocycles. The fraction of sp³-hybridized carbons (Fsp3) is 0.560. The van der Waals surface area contributed by atoms with Crippen LogP contribution in [0.15, 0.2) is 29.1 Å². The molecule has 1 aliphatic carbocycles. The summed E-state index contributed by atoms with van der Waals surface area (Å²) in [5, 5.41) is 3.39. The predicted molar refractivity (Wildman–Crippen MR) is 127 cm³/mol. The Labute approximate surface area is 193 Å². The van der Waals surface area contributed by atoms with Crippen molar-refractivity contribution in [3.63, 3.8) is 0 Å². The summed E-state index contributed by atoms with van der Waals surface area (Å²) in [7, 11) is 0. The van der Waals surface area contributed by atoms with Crippen molar-refractivity contribution in [2.24, 2.45) is 5.92 Å². The van der Waals surface area contributed by atoms with Crippen LogP contribution in [-0.4, -0.2) is 41.5 Å². The van der Waals surface area contributed by atoms with Gasteiger partial charge in [-0.1, -0.05) is 18.6 Å². The smallest absolute Gasteiger partial charge is 0.409 e. The molecule has 4 rings (SSSR count). The molecule has 2 fully saturated rings. The first-order valence-electron chi connectivity index (χ1n) is 11.8. The second kappa shape index (κ2) is 9.08. The van der Waals surface area contributed by atoms with E-state index in [9.17, 15) is 14.4 Å². The molecule has 178 valence electrons. The molecule has 2 aromatic rings. The number of esters is 1. The molecular weight excluding hydrogens is 422 g/mol. The van der Waals surface area contributed by atoms with Crippen LogP contribution in [0, 0.1) is 5.92 Å². The second-order valence-electron chi connectivity index (χ2n) is 9.82. The molecule has 8 nitrogen and oxygen atoms in total. The number of hydrogen-bond donors (Lipinski definition) is 1. The highest BCUT2D eigenvalue weighted by molar-refractivity contribution is 6.00. The van der Waals surface area contributed by atoms with Crippen molar-refractivity contribution in [1.82, 2.24) is 9.88 Å². The molecule has 1 saturated carbocycles. The van der Waals surface area contributed by atoms with Gasteiger partial charge in [-0.3, -0.25) is 4.79 Å². The highest BCUT2D eigenvalue weighted by atomic mass is 16.6. The molecule has 1 unspecified atom stereocenters. The van der Waals surface area contributed by atoms with Crippen LogP contribution in [0.4, 0.5) is 10.6 Å². The van der Waals surface area contributed by atoms with Gasteiger partial charge in [0.25, 0.3) is 0 Å². The van der Waals surface area contributed by atoms with Crippen molar-refractivity contribution >= 4 is 28.8 Å². The largest absolute Gasteiger partial charge is 0.462 e. The summed E-state index contributed by atoms with van der Waals surface area (Å²) in [4.78, 5) is 40.9. The van der Waals surface area contributed by atoms with Gasteiger partial charge in [0, 0.05) is 24.9 Å². The second-order valence-corrected chi connectivity index (χ2v) is 9.82. The van der Waals surface area contributed by atoms with E-state index >= 15 is 0 Å². The Kier molecular flexibility index (Phi) is 6.36. The first kappa shape index (κ1) is 23.1. The predicted octanol–water partition coefficient (Wildman–Crippen LogP) is 4.04. The van der Waals surface area contributed by atoms with E-state index in [0.29, 0.717) is 36.6 Å². The molecule has 1 amide bonds. The summed E-state index contributed by atoms with van der Waals surface area (Å²) in [5.41, 5.74) is -0.137. The van der Waals surface area contributed by atoms with E-state index in [2.05, 4.69) is 9.88 Å². The van der Waals surface area contributed by atoms with Crippen LogP contribution in [0.5, 0.6) is 0 Å². The van der Waals surface area contributed by atoms with E-state index in [1.165, 1.54) is 6.42 Å². The lowest BCUT2D eigenvalue weighted by Crippen LogP contribution is -2.60. The van der Waals surface area contributed by atoms with Gasteiger partial charge in [-0.2, -0.15) is 0 Å². The summed E-state index contributed by atoms with van der Waals surface area (Å²) in [5.74, 6) is 0.383. The first-order valence-corrected chi connectivity index (χ1v) is 11.8. The lowest BCUT2D eigenvalue weighted by atomic mass is 9.85. The van der Waals surface area contributed by atoms with Gasteiger partial charge >= 0.3 is 12.1 Å². The molecule has 33 heavy (non-hydrogen) atoms. The number of carbonyl (C=O) groups is 2. The lowest BCUT2D eigenvalue weighted by Gasteiger charge is -2.45. The number of pyridine rings is 1. The molecule has 1 saturated heterocycles. The third-order valence-electron chi connectivity index (χ3n) is 6.27. The Hall–Kier alpha value is -3.03. The molecule has 2 aliphatic rings. The fourth-order valence-electron chi connectivity index (χ4n) is 4.43. The molecular formula is C25H33N3O5. The van der Waals surface area contributed by atoms with Crippen LogP contribution < -0.4 is 15.6 Å². The minimum Gasteiger partial charge on any atom is -0.462 e. The van der Waals surface area contributed by atoms with Gasteiger partial charge < -0.3 is 24.3 Å². The number of anilines is 1. The Morgan fingerprint density at radius 1 is 1.15 bits per heavy atom. The Bertz CT molecular complexity index is 1110. The molecule has 0 spiro atoms. The van der Waals surface area contributed by atoms with Crippen LogP contribution in [0.1, 0.15) is 63.7 Å². The van der Waals surface area contributed by atoms with Gasteiger partial charge in [0.05, 0.1) is 12.1 Å². The van der Waals surface area contributed by atoms with Crippen LogP contribution in [0.25, 0.3) is 10.9 Å². The maximum Gasteiger partial charge on any atom is 0.409 e. The van der Waals surface area contributed by atoms with Crippen molar-refractivity contribution in [1.29, 1.82) is 0 Å². The number of nitrogens with zero attached hydrogens (tertiary/aromatic N) is 2. The zero-order valence-corrected chi connectivity index (χ0v) is 19.8. The third kappa shape index (κ3) is 4.70. The average Bonchev–Trinajstić information content (AvgIpc) is 2.69. The van der Waals surface area contributed by atoms with E-state index < -0.39 is 17.7 Å². The third-order valence-corrected chi connectivity index (χ3v) is 6.27. The van der Waals surface area contributed by atoms with E-state index in [1.807, 2.05) is 43.9 Å². The molecule has 1 aliphatic heterocycles. The van der Waals surface area contributed by atoms with E-state index in [0.717, 1.165) is 18.4 Å². The summed E-state index contributed by atoms with van der Waals surface area (Å²) < 4.78 is 12.8. The average molecular weight is 456 g/mol. The summed E-state index contributed by atoms with van der Waals surface area (Å²) in [6.45, 7) is 8.64. The lowest BCUT2D eigenvalue weighted by molar-refractivity contribution is 0.0486. The summed E-state index contributed by atoms with van der Waals surface area (Å²) in [6.07, 6.45) is 3.22. The quantitative estimate of drug-likeness (QED) is 0.662. The van der Waals surface area contributed by atoms with E-state index in [-0.39, 0.29) is 23.8 Å². The number of benzene rings is 1. The maximum atomic E-state index is 13.5. The standard InChI is InChI=1S/C25H33N3O5/c1-5-32-23(30)20-21(29)17-11-6-7-12-18(17)28(15-16-9-8-10-16)22(20)27-14-13-19(27)26-24(31)33-25(2,3)4/h6-7,11-12,16,19H,5,8-10,13-15H2,1-4H3,(H,26,31). The Morgan fingerprint density at radius 2 is 1.88 bits per heavy atom. The highest BCUT2D eigenvalue weighted by Crippen LogP contribution is 2.35. The number of aromatic nitrogens is 1. The normalized spacial score (nSPS) is 18.4. The topological polar surface area (TPSA) is 89.9 Å². The molecule has 8 heteroatoms. The monoisotopic (exact) mass is 455 g/mol. The van der Waals surface area contributed by atoms with Crippen molar-refractivity contribution in [3.05, 3.63) is 40.1 Å². The van der Waals surface area contributed by atoms with Gasteiger partial charge in [0.1, 0.15) is 23.1 Å². The fourth-order valence-corrected chi connectivity index (χ4v) is 4.43. The molecule has 0 radical (unpaired) electrons. The number of hydrogen-bond acceptors (Lipinski definition) is 6. The minimum absolute atomic E-state index is 0.0329. The van der Waals surface area contributed by atoms with Gasteiger partial charge in [0.2, 0.25) is 5.43 Å². The van der Waals surface area contributed by atoms with Crippen molar-refractivity contribution in [2.45, 2.75) is 71.7 Å². The number of carbonyl (C=O) groups excluding carboxylic acids is 2. The SMILES string of the molecule is CCOC(=O)c1c(N2CCC2NC(=O)OC(C)(C)C)n(CC2CCC2)c2ccccc2c1=O. The highest BCUT2D eigenvalue weighted by Gasteiger charge is 2.38. The van der Waals surface area contributed by atoms with Crippen LogP contribution in [0.3, 0.4) is 0 Å². The number of para-hydroxylation sites is 1. The number of alkyl carbamates (subject to hydrolysis) is 1. The van der Waals surface area contributed by atoms with Gasteiger partial charge in [-0.25, -0.2) is 9.59 Å². The van der Waals surface area contributed by atoms with Crippen LogP contribution in [-0.2, 0) is 16.0 Å². The minimum atomic E-state index is -0.631. The number of nitrogens with one attached hydrogen (secondary N) is 1. The molecule has 1 atom stereocenters. The summed E-state index contributed by atoms with van der Waals surface area (Å²) >= 11 is 0. The number of fused-ring (bicyclic) bond motifs is 1. The first-order chi connectivity index (χ1) is 15.7. The number of rotatable bonds is 6. The van der Waals surface area contributed by atoms with Crippen LogP contribution >= 0.6 is 0 Å². The van der Waals surface area contributed by atoms with Gasteiger partial charge in [-0.15, -0.1) is 0 Å². The maximum absolute atomic E-state index is 13.5. The van der Waals surface area contributed by atoms with E-state index in [1.54, 1.807) is 13.0 Å². The van der Waals surface area contributed by atoms with Crippen LogP contribution in [0.2, 0.25) is 0 Å². The number of amides is 1. The zero-order valence-electron chi connectivity index (χ0n) is 19.8. The molecule has 2 heterocycles. The molecule has 1 N–H and O–H groups in total. The van der Waals surface area contributed by atoms with E-state index in [4.69, 9.17) is 9.47 Å². The zero-order chi connectivity index (χ0) is 23.8. The van der Waals surface area contributed by atoms with Crippen molar-refractivity contribution < 1.29 is 19.1 Å². The van der Waals surface area contributed by atoms with Crippen molar-refractivity contribution in [2.75, 3.05) is 18.1 Å². The van der Waals surface area contributed by atoms with Gasteiger partial charge in [0.15, 0.2) is 0 Å². The Morgan fingerprint density at radius 3 is 2.45 bits per heavy atom. The Balaban J connectivity index is 1.81. The number of ether oxygens (including phenoxy) is 2.